The van der Waals surface area contributed by atoms with Crippen molar-refractivity contribution in [2.24, 2.45) is 0 Å². The van der Waals surface area contributed by atoms with Crippen LogP contribution in [-0.4, -0.2) is 14.7 Å². The molecule has 1 atom stereocenters. The van der Waals surface area contributed by atoms with Gasteiger partial charge in [0, 0.05) is 17.3 Å². The summed E-state index contributed by atoms with van der Waals surface area (Å²) in [7, 11) is 0. The Balaban J connectivity index is 2.12. The van der Waals surface area contributed by atoms with Gasteiger partial charge in [0.2, 0.25) is 0 Å². The Labute approximate surface area is 91.7 Å². The second-order valence-electron chi connectivity index (χ2n) is 3.59. The van der Waals surface area contributed by atoms with Crippen molar-refractivity contribution in [3.8, 4) is 0 Å². The summed E-state index contributed by atoms with van der Waals surface area (Å²) in [5.41, 5.74) is 2.41. The number of nitrogens with zero attached hydrogens (tertiary/aromatic N) is 2. The van der Waals surface area contributed by atoms with Gasteiger partial charge in [0.15, 0.2) is 0 Å². The van der Waals surface area contributed by atoms with Gasteiger partial charge in [-0.1, -0.05) is 6.07 Å². The van der Waals surface area contributed by atoms with Gasteiger partial charge in [-0.3, -0.25) is 0 Å². The summed E-state index contributed by atoms with van der Waals surface area (Å²) in [6.45, 7) is 0. The predicted octanol–water partition coefficient (Wildman–Crippen LogP) is 2.01. The molecule has 1 unspecified atom stereocenters. The molecule has 0 amide bonds. The molecule has 4 heteroatoms. The number of rotatable bonds is 2. The predicted molar refractivity (Wildman–Crippen MR) is 58.0 cm³/mol. The Morgan fingerprint density at radius 3 is 3.06 bits per heavy atom. The summed E-state index contributed by atoms with van der Waals surface area (Å²) >= 11 is 0. The van der Waals surface area contributed by atoms with Crippen molar-refractivity contribution in [1.29, 1.82) is 0 Å². The van der Waals surface area contributed by atoms with E-state index < -0.39 is 6.10 Å². The second kappa shape index (κ2) is 3.50. The summed E-state index contributed by atoms with van der Waals surface area (Å²) in [6.07, 6.45) is 5.91. The van der Waals surface area contributed by atoms with Gasteiger partial charge in [0.05, 0.1) is 24.2 Å². The highest BCUT2D eigenvalue weighted by Gasteiger charge is 2.16. The highest BCUT2D eigenvalue weighted by atomic mass is 16.3. The third-order valence-corrected chi connectivity index (χ3v) is 2.61. The third kappa shape index (κ3) is 1.31. The first kappa shape index (κ1) is 9.18. The lowest BCUT2D eigenvalue weighted by Gasteiger charge is -2.05. The van der Waals surface area contributed by atoms with Gasteiger partial charge in [-0.15, -0.1) is 0 Å². The van der Waals surface area contributed by atoms with Crippen molar-refractivity contribution in [1.82, 2.24) is 9.61 Å². The number of hydrogen-bond donors (Lipinski definition) is 1. The molecule has 4 nitrogen and oxygen atoms in total. The Kier molecular flexibility index (Phi) is 2.01. The van der Waals surface area contributed by atoms with E-state index in [0.717, 1.165) is 16.6 Å². The molecule has 0 aromatic carbocycles. The van der Waals surface area contributed by atoms with Gasteiger partial charge in [-0.2, -0.15) is 5.10 Å². The molecule has 3 heterocycles. The number of furan rings is 1. The lowest BCUT2D eigenvalue weighted by Crippen LogP contribution is -1.97. The fraction of sp³-hybridized carbons (Fsp3) is 0.0833. The minimum atomic E-state index is -0.696. The Morgan fingerprint density at radius 2 is 2.25 bits per heavy atom. The third-order valence-electron chi connectivity index (χ3n) is 2.61. The Bertz CT molecular complexity index is 598. The van der Waals surface area contributed by atoms with E-state index in [9.17, 15) is 5.11 Å². The number of fused-ring (bicyclic) bond motifs is 1. The van der Waals surface area contributed by atoms with E-state index in [1.165, 1.54) is 6.26 Å². The van der Waals surface area contributed by atoms with Gasteiger partial charge < -0.3 is 9.52 Å². The molecule has 0 saturated carbocycles. The van der Waals surface area contributed by atoms with Crippen LogP contribution in [0, 0.1) is 0 Å². The van der Waals surface area contributed by atoms with Crippen LogP contribution in [0.25, 0.3) is 5.52 Å². The molecule has 1 N–H and O–H groups in total. The normalized spacial score (nSPS) is 13.1. The SMILES string of the molecule is OC(c1ccoc1)c1cnn2ccccc12. The first-order valence-corrected chi connectivity index (χ1v) is 4.98. The molecule has 0 aliphatic rings. The van der Waals surface area contributed by atoms with Crippen LogP contribution in [0.2, 0.25) is 0 Å². The summed E-state index contributed by atoms with van der Waals surface area (Å²) in [6, 6.07) is 7.49. The molecule has 3 rings (SSSR count). The first-order valence-electron chi connectivity index (χ1n) is 4.98. The van der Waals surface area contributed by atoms with Crippen LogP contribution in [0.1, 0.15) is 17.2 Å². The van der Waals surface area contributed by atoms with Crippen molar-refractivity contribution >= 4 is 5.52 Å². The van der Waals surface area contributed by atoms with Gasteiger partial charge >= 0.3 is 0 Å². The lowest BCUT2D eigenvalue weighted by molar-refractivity contribution is 0.220. The van der Waals surface area contributed by atoms with Crippen LogP contribution in [0.3, 0.4) is 0 Å². The van der Waals surface area contributed by atoms with Crippen LogP contribution in [0.4, 0.5) is 0 Å². The summed E-state index contributed by atoms with van der Waals surface area (Å²) < 4.78 is 6.69. The maximum Gasteiger partial charge on any atom is 0.111 e. The molecule has 0 aliphatic heterocycles. The average Bonchev–Trinajstić information content (AvgIpc) is 2.98. The number of aromatic nitrogens is 2. The minimum Gasteiger partial charge on any atom is -0.472 e. The van der Waals surface area contributed by atoms with Crippen LogP contribution < -0.4 is 0 Å². The Hall–Kier alpha value is -2.07. The molecule has 0 aliphatic carbocycles. The van der Waals surface area contributed by atoms with Gasteiger partial charge in [-0.05, 0) is 18.2 Å². The van der Waals surface area contributed by atoms with E-state index in [1.54, 1.807) is 23.0 Å². The molecule has 3 aromatic heterocycles. The molecular weight excluding hydrogens is 204 g/mol. The van der Waals surface area contributed by atoms with Crippen LogP contribution in [-0.2, 0) is 0 Å². The Morgan fingerprint density at radius 1 is 1.31 bits per heavy atom. The summed E-state index contributed by atoms with van der Waals surface area (Å²) in [4.78, 5) is 0. The molecule has 80 valence electrons. The molecule has 0 bridgehead atoms. The molecular formula is C12H10N2O2. The van der Waals surface area contributed by atoms with E-state index in [4.69, 9.17) is 4.42 Å². The van der Waals surface area contributed by atoms with Gasteiger partial charge in [0.1, 0.15) is 6.10 Å². The van der Waals surface area contributed by atoms with Crippen molar-refractivity contribution in [2.75, 3.05) is 0 Å². The van der Waals surface area contributed by atoms with Crippen LogP contribution in [0.15, 0.2) is 53.6 Å². The van der Waals surface area contributed by atoms with Crippen molar-refractivity contribution in [3.05, 3.63) is 60.3 Å². The average molecular weight is 214 g/mol. The maximum absolute atomic E-state index is 10.2. The number of aliphatic hydroxyl groups is 1. The largest absolute Gasteiger partial charge is 0.472 e. The first-order chi connectivity index (χ1) is 7.86. The molecule has 0 saturated heterocycles. The van der Waals surface area contributed by atoms with Crippen molar-refractivity contribution in [3.63, 3.8) is 0 Å². The summed E-state index contributed by atoms with van der Waals surface area (Å²) in [5, 5.41) is 14.3. The van der Waals surface area contributed by atoms with Crippen molar-refractivity contribution in [2.45, 2.75) is 6.10 Å². The number of aliphatic hydroxyl groups excluding tert-OH is 1. The molecule has 0 radical (unpaired) electrons. The van der Waals surface area contributed by atoms with Crippen LogP contribution >= 0.6 is 0 Å². The van der Waals surface area contributed by atoms with Crippen LogP contribution in [0.5, 0.6) is 0 Å². The van der Waals surface area contributed by atoms with Gasteiger partial charge in [-0.25, -0.2) is 4.52 Å². The van der Waals surface area contributed by atoms with E-state index >= 15 is 0 Å². The topological polar surface area (TPSA) is 50.7 Å². The smallest absolute Gasteiger partial charge is 0.111 e. The van der Waals surface area contributed by atoms with E-state index in [1.807, 2.05) is 24.4 Å². The number of pyridine rings is 1. The summed E-state index contributed by atoms with van der Waals surface area (Å²) in [5.74, 6) is 0. The van der Waals surface area contributed by atoms with Gasteiger partial charge in [0.25, 0.3) is 0 Å². The minimum absolute atomic E-state index is 0.696. The van der Waals surface area contributed by atoms with E-state index in [-0.39, 0.29) is 0 Å². The zero-order valence-electron chi connectivity index (χ0n) is 8.45. The fourth-order valence-electron chi connectivity index (χ4n) is 1.78. The zero-order valence-corrected chi connectivity index (χ0v) is 8.45. The van der Waals surface area contributed by atoms with E-state index in [2.05, 4.69) is 5.10 Å². The lowest BCUT2D eigenvalue weighted by atomic mass is 10.1. The highest BCUT2D eigenvalue weighted by molar-refractivity contribution is 5.56. The zero-order chi connectivity index (χ0) is 11.0. The second-order valence-corrected chi connectivity index (χ2v) is 3.59. The monoisotopic (exact) mass is 214 g/mol. The quantitative estimate of drug-likeness (QED) is 0.709. The van der Waals surface area contributed by atoms with E-state index in [0.29, 0.717) is 0 Å². The molecule has 16 heavy (non-hydrogen) atoms. The highest BCUT2D eigenvalue weighted by Crippen LogP contribution is 2.25. The molecule has 0 fully saturated rings. The maximum atomic E-state index is 10.2. The molecule has 0 spiro atoms. The number of hydrogen-bond acceptors (Lipinski definition) is 3. The molecule has 3 aromatic rings. The van der Waals surface area contributed by atoms with Crippen molar-refractivity contribution < 1.29 is 9.52 Å². The standard InChI is InChI=1S/C12H10N2O2/c15-12(9-4-6-16-8-9)10-7-13-14-5-2-1-3-11(10)14/h1-8,12,15H. The fourth-order valence-corrected chi connectivity index (χ4v) is 1.78.